The number of pyridine rings is 1. The second-order valence-electron chi connectivity index (χ2n) is 5.19. The zero-order valence-corrected chi connectivity index (χ0v) is 10.7. The zero-order chi connectivity index (χ0) is 12.3. The van der Waals surface area contributed by atoms with Crippen LogP contribution in [0.5, 0.6) is 5.75 Å². The number of hydrogen-bond donors (Lipinski definition) is 1. The van der Waals surface area contributed by atoms with Crippen LogP contribution in [0.3, 0.4) is 0 Å². The van der Waals surface area contributed by atoms with Crippen LogP contribution in [0.25, 0.3) is 0 Å². The normalized spacial score (nSPS) is 29.0. The molecule has 1 fully saturated rings. The van der Waals surface area contributed by atoms with Crippen molar-refractivity contribution >= 4 is 0 Å². The molecule has 17 heavy (non-hydrogen) atoms. The van der Waals surface area contributed by atoms with Crippen LogP contribution in [0.15, 0.2) is 18.3 Å². The lowest BCUT2D eigenvalue weighted by Crippen LogP contribution is -2.28. The van der Waals surface area contributed by atoms with Crippen LogP contribution in [-0.4, -0.2) is 11.1 Å². The van der Waals surface area contributed by atoms with Gasteiger partial charge in [-0.15, -0.1) is 0 Å². The molecular weight excluding hydrogens is 212 g/mol. The summed E-state index contributed by atoms with van der Waals surface area (Å²) in [5.74, 6) is 2.49. The van der Waals surface area contributed by atoms with Gasteiger partial charge in [-0.25, -0.2) is 0 Å². The highest BCUT2D eigenvalue weighted by Crippen LogP contribution is 2.31. The fraction of sp³-hybridized carbons (Fsp3) is 0.643. The number of rotatable bonds is 3. The van der Waals surface area contributed by atoms with E-state index in [2.05, 4.69) is 18.8 Å². The van der Waals surface area contributed by atoms with Crippen LogP contribution in [-0.2, 0) is 6.54 Å². The molecule has 2 N–H and O–H groups in total. The van der Waals surface area contributed by atoms with Crippen molar-refractivity contribution in [3.63, 3.8) is 0 Å². The third-order valence-corrected chi connectivity index (χ3v) is 3.85. The van der Waals surface area contributed by atoms with E-state index in [0.717, 1.165) is 36.1 Å². The van der Waals surface area contributed by atoms with Crippen LogP contribution < -0.4 is 10.5 Å². The first kappa shape index (κ1) is 12.4. The van der Waals surface area contributed by atoms with E-state index in [1.54, 1.807) is 6.20 Å². The molecule has 0 spiro atoms. The molecule has 1 aliphatic rings. The van der Waals surface area contributed by atoms with Gasteiger partial charge in [0, 0.05) is 18.8 Å². The zero-order valence-electron chi connectivity index (χ0n) is 10.7. The van der Waals surface area contributed by atoms with E-state index in [1.165, 1.54) is 6.42 Å². The fourth-order valence-electron chi connectivity index (χ4n) is 2.44. The van der Waals surface area contributed by atoms with Gasteiger partial charge in [0.15, 0.2) is 0 Å². The third-order valence-electron chi connectivity index (χ3n) is 3.85. The van der Waals surface area contributed by atoms with Crippen molar-refractivity contribution in [2.24, 2.45) is 17.6 Å². The Labute approximate surface area is 103 Å². The minimum Gasteiger partial charge on any atom is -0.490 e. The minimum atomic E-state index is 0.356. The lowest BCUT2D eigenvalue weighted by atomic mass is 9.80. The van der Waals surface area contributed by atoms with Crippen molar-refractivity contribution in [3.8, 4) is 5.75 Å². The standard InChI is InChI=1S/C14H22N2O/c1-10-3-4-13(7-11(10)2)17-14-5-6-16-12(8-14)9-15/h5-6,8,10-11,13H,3-4,7,9,15H2,1-2H3. The second-order valence-corrected chi connectivity index (χ2v) is 5.19. The molecule has 0 aliphatic heterocycles. The Morgan fingerprint density at radius 3 is 2.88 bits per heavy atom. The summed E-state index contributed by atoms with van der Waals surface area (Å²) in [7, 11) is 0. The molecule has 0 saturated heterocycles. The van der Waals surface area contributed by atoms with Gasteiger partial charge in [0.1, 0.15) is 5.75 Å². The quantitative estimate of drug-likeness (QED) is 0.874. The molecule has 1 aliphatic carbocycles. The third kappa shape index (κ3) is 3.19. The maximum atomic E-state index is 6.02. The monoisotopic (exact) mass is 234 g/mol. The Kier molecular flexibility index (Phi) is 4.00. The molecule has 2 rings (SSSR count). The van der Waals surface area contributed by atoms with Crippen LogP contribution in [0, 0.1) is 11.8 Å². The average molecular weight is 234 g/mol. The maximum Gasteiger partial charge on any atom is 0.123 e. The predicted molar refractivity (Wildman–Crippen MR) is 68.7 cm³/mol. The van der Waals surface area contributed by atoms with Crippen molar-refractivity contribution < 1.29 is 4.74 Å². The lowest BCUT2D eigenvalue weighted by Gasteiger charge is -2.32. The van der Waals surface area contributed by atoms with E-state index in [9.17, 15) is 0 Å². The fourth-order valence-corrected chi connectivity index (χ4v) is 2.44. The summed E-state index contributed by atoms with van der Waals surface area (Å²) in [4.78, 5) is 4.17. The molecule has 0 aromatic carbocycles. The summed E-state index contributed by atoms with van der Waals surface area (Å²) in [6, 6.07) is 3.87. The van der Waals surface area contributed by atoms with E-state index in [0.29, 0.717) is 12.6 Å². The predicted octanol–water partition coefficient (Wildman–Crippen LogP) is 2.74. The van der Waals surface area contributed by atoms with Crippen molar-refractivity contribution in [1.82, 2.24) is 4.98 Å². The largest absolute Gasteiger partial charge is 0.490 e. The number of ether oxygens (including phenoxy) is 1. The van der Waals surface area contributed by atoms with Gasteiger partial charge >= 0.3 is 0 Å². The van der Waals surface area contributed by atoms with E-state index >= 15 is 0 Å². The van der Waals surface area contributed by atoms with E-state index < -0.39 is 0 Å². The first-order valence-electron chi connectivity index (χ1n) is 6.50. The van der Waals surface area contributed by atoms with E-state index in [-0.39, 0.29) is 0 Å². The summed E-state index contributed by atoms with van der Waals surface area (Å²) >= 11 is 0. The van der Waals surface area contributed by atoms with Gasteiger partial charge < -0.3 is 10.5 Å². The molecule has 94 valence electrons. The molecule has 3 atom stereocenters. The SMILES string of the molecule is CC1CCC(Oc2ccnc(CN)c2)CC1C. The van der Waals surface area contributed by atoms with Crippen LogP contribution >= 0.6 is 0 Å². The van der Waals surface area contributed by atoms with Crippen LogP contribution in [0.4, 0.5) is 0 Å². The molecule has 1 heterocycles. The summed E-state index contributed by atoms with van der Waals surface area (Å²) in [5, 5.41) is 0. The molecule has 0 radical (unpaired) electrons. The first-order valence-corrected chi connectivity index (χ1v) is 6.50. The van der Waals surface area contributed by atoms with Gasteiger partial charge in [-0.3, -0.25) is 4.98 Å². The van der Waals surface area contributed by atoms with Gasteiger partial charge in [0.05, 0.1) is 11.8 Å². The van der Waals surface area contributed by atoms with E-state index in [4.69, 9.17) is 10.5 Å². The highest BCUT2D eigenvalue weighted by Gasteiger charge is 2.25. The molecular formula is C14H22N2O. The van der Waals surface area contributed by atoms with E-state index in [1.807, 2.05) is 12.1 Å². The molecule has 0 bridgehead atoms. The van der Waals surface area contributed by atoms with Gasteiger partial charge in [-0.05, 0) is 37.2 Å². The molecule has 3 unspecified atom stereocenters. The Balaban J connectivity index is 1.96. The number of nitrogens with zero attached hydrogens (tertiary/aromatic N) is 1. The van der Waals surface area contributed by atoms with Gasteiger partial charge in [-0.2, -0.15) is 0 Å². The topological polar surface area (TPSA) is 48.1 Å². The Morgan fingerprint density at radius 1 is 1.35 bits per heavy atom. The summed E-state index contributed by atoms with van der Waals surface area (Å²) in [6.07, 6.45) is 5.70. The van der Waals surface area contributed by atoms with Crippen molar-refractivity contribution in [2.45, 2.75) is 45.8 Å². The van der Waals surface area contributed by atoms with Crippen molar-refractivity contribution in [2.75, 3.05) is 0 Å². The number of nitrogens with two attached hydrogens (primary N) is 1. The second kappa shape index (κ2) is 5.50. The van der Waals surface area contributed by atoms with Gasteiger partial charge in [0.2, 0.25) is 0 Å². The molecule has 0 amide bonds. The molecule has 1 aromatic rings. The average Bonchev–Trinajstić information content (AvgIpc) is 2.34. The number of hydrogen-bond acceptors (Lipinski definition) is 3. The highest BCUT2D eigenvalue weighted by atomic mass is 16.5. The number of aromatic nitrogens is 1. The Morgan fingerprint density at radius 2 is 2.18 bits per heavy atom. The van der Waals surface area contributed by atoms with Crippen molar-refractivity contribution in [1.29, 1.82) is 0 Å². The van der Waals surface area contributed by atoms with Crippen molar-refractivity contribution in [3.05, 3.63) is 24.0 Å². The molecule has 3 heteroatoms. The summed E-state index contributed by atoms with van der Waals surface area (Å²) in [6.45, 7) is 5.12. The molecule has 3 nitrogen and oxygen atoms in total. The lowest BCUT2D eigenvalue weighted by molar-refractivity contribution is 0.100. The van der Waals surface area contributed by atoms with Gasteiger partial charge in [-0.1, -0.05) is 13.8 Å². The Hall–Kier alpha value is -1.09. The minimum absolute atomic E-state index is 0.356. The molecule has 1 saturated carbocycles. The van der Waals surface area contributed by atoms with Crippen LogP contribution in [0.1, 0.15) is 38.8 Å². The van der Waals surface area contributed by atoms with Crippen LogP contribution in [0.2, 0.25) is 0 Å². The maximum absolute atomic E-state index is 6.02. The smallest absolute Gasteiger partial charge is 0.123 e. The first-order chi connectivity index (χ1) is 8.19. The Bertz CT molecular complexity index is 367. The molecule has 1 aromatic heterocycles. The summed E-state index contributed by atoms with van der Waals surface area (Å²) in [5.41, 5.74) is 6.46. The summed E-state index contributed by atoms with van der Waals surface area (Å²) < 4.78 is 6.02. The van der Waals surface area contributed by atoms with Gasteiger partial charge in [0.25, 0.3) is 0 Å². The highest BCUT2D eigenvalue weighted by molar-refractivity contribution is 5.22.